The molecule has 3 atom stereocenters. The summed E-state index contributed by atoms with van der Waals surface area (Å²) in [6.45, 7) is 0. The predicted molar refractivity (Wildman–Crippen MR) is 85.0 cm³/mol. The number of benzene rings is 1. The van der Waals surface area contributed by atoms with Gasteiger partial charge in [0.05, 0.1) is 5.75 Å². The zero-order valence-electron chi connectivity index (χ0n) is 11.8. The fraction of sp³-hybridized carbons (Fsp3) is 0.562. The van der Waals surface area contributed by atoms with Crippen LogP contribution in [-0.2, 0) is 10.5 Å². The van der Waals surface area contributed by atoms with Crippen LogP contribution in [0.1, 0.15) is 31.2 Å². The van der Waals surface area contributed by atoms with Gasteiger partial charge in [0.2, 0.25) is 5.91 Å². The van der Waals surface area contributed by atoms with Gasteiger partial charge >= 0.3 is 0 Å². The average Bonchev–Trinajstić information content (AvgIpc) is 3.03. The maximum atomic E-state index is 13.6. The zero-order valence-corrected chi connectivity index (χ0v) is 13.4. The van der Waals surface area contributed by atoms with E-state index in [1.54, 1.807) is 12.1 Å². The first-order chi connectivity index (χ1) is 10.1. The molecule has 1 aromatic rings. The van der Waals surface area contributed by atoms with Gasteiger partial charge in [-0.2, -0.15) is 0 Å². The van der Waals surface area contributed by atoms with E-state index in [-0.39, 0.29) is 11.7 Å². The summed E-state index contributed by atoms with van der Waals surface area (Å²) >= 11 is 7.16. The number of amides is 1. The molecule has 2 nitrogen and oxygen atoms in total. The van der Waals surface area contributed by atoms with Crippen molar-refractivity contribution in [1.29, 1.82) is 0 Å². The number of carbonyl (C=O) groups is 1. The molecule has 2 fully saturated rings. The Morgan fingerprint density at radius 3 is 2.90 bits per heavy atom. The first kappa shape index (κ1) is 15.2. The molecule has 2 saturated carbocycles. The highest BCUT2D eigenvalue weighted by atomic mass is 35.5. The number of hydrogen-bond donors (Lipinski definition) is 1. The molecule has 1 aromatic carbocycles. The molecule has 0 aromatic heterocycles. The van der Waals surface area contributed by atoms with E-state index in [1.165, 1.54) is 37.1 Å². The summed E-state index contributed by atoms with van der Waals surface area (Å²) in [5.41, 5.74) is 0.595. The summed E-state index contributed by atoms with van der Waals surface area (Å²) in [6.07, 6.45) is 5.03. The minimum atomic E-state index is -0.302. The lowest BCUT2D eigenvalue weighted by Crippen LogP contribution is -2.39. The smallest absolute Gasteiger partial charge is 0.230 e. The number of nitrogens with one attached hydrogen (secondary N) is 1. The summed E-state index contributed by atoms with van der Waals surface area (Å²) in [7, 11) is 0. The maximum Gasteiger partial charge on any atom is 0.230 e. The number of carbonyl (C=O) groups excluding carboxylic acids is 1. The van der Waals surface area contributed by atoms with Gasteiger partial charge in [0.25, 0.3) is 0 Å². The Bertz CT molecular complexity index is 539. The van der Waals surface area contributed by atoms with Crippen LogP contribution in [0.5, 0.6) is 0 Å². The van der Waals surface area contributed by atoms with Gasteiger partial charge < -0.3 is 5.32 Å². The van der Waals surface area contributed by atoms with Gasteiger partial charge in [0.15, 0.2) is 0 Å². The molecular weight excluding hydrogens is 309 g/mol. The first-order valence-electron chi connectivity index (χ1n) is 7.43. The number of halogens is 2. The van der Waals surface area contributed by atoms with E-state index < -0.39 is 0 Å². The lowest BCUT2D eigenvalue weighted by Gasteiger charge is -2.22. The average molecular weight is 328 g/mol. The number of hydrogen-bond acceptors (Lipinski definition) is 2. The number of fused-ring (bicyclic) bond motifs is 2. The topological polar surface area (TPSA) is 29.1 Å². The van der Waals surface area contributed by atoms with Gasteiger partial charge in [-0.15, -0.1) is 11.8 Å². The van der Waals surface area contributed by atoms with Crippen LogP contribution >= 0.6 is 23.4 Å². The highest BCUT2D eigenvalue weighted by Crippen LogP contribution is 2.44. The summed E-state index contributed by atoms with van der Waals surface area (Å²) in [6, 6.07) is 5.05. The minimum absolute atomic E-state index is 0.0759. The zero-order chi connectivity index (χ0) is 14.8. The fourth-order valence-corrected chi connectivity index (χ4v) is 4.55. The first-order valence-corrected chi connectivity index (χ1v) is 8.96. The summed E-state index contributed by atoms with van der Waals surface area (Å²) in [5, 5.41) is 3.54. The number of thioether (sulfide) groups is 1. The second-order valence-electron chi connectivity index (χ2n) is 6.08. The molecule has 21 heavy (non-hydrogen) atoms. The van der Waals surface area contributed by atoms with Crippen LogP contribution in [0.2, 0.25) is 5.02 Å². The van der Waals surface area contributed by atoms with Gasteiger partial charge in [0.1, 0.15) is 5.82 Å². The van der Waals surface area contributed by atoms with E-state index in [4.69, 9.17) is 11.6 Å². The molecule has 114 valence electrons. The second-order valence-corrected chi connectivity index (χ2v) is 7.50. The Kier molecular flexibility index (Phi) is 4.75. The van der Waals surface area contributed by atoms with E-state index in [0.717, 1.165) is 12.3 Å². The molecule has 0 radical (unpaired) electrons. The largest absolute Gasteiger partial charge is 0.352 e. The van der Waals surface area contributed by atoms with Crippen LogP contribution in [-0.4, -0.2) is 17.7 Å². The maximum absolute atomic E-state index is 13.6. The van der Waals surface area contributed by atoms with Crippen LogP contribution in [0, 0.1) is 17.7 Å². The summed E-state index contributed by atoms with van der Waals surface area (Å²) in [4.78, 5) is 12.0. The predicted octanol–water partition coefficient (Wildman–Crippen LogP) is 4.02. The molecule has 0 heterocycles. The summed E-state index contributed by atoms with van der Waals surface area (Å²) < 4.78 is 13.6. The normalized spacial score (nSPS) is 27.0. The van der Waals surface area contributed by atoms with Crippen molar-refractivity contribution in [2.24, 2.45) is 11.8 Å². The van der Waals surface area contributed by atoms with Gasteiger partial charge in [0, 0.05) is 16.8 Å². The Morgan fingerprint density at radius 2 is 2.24 bits per heavy atom. The van der Waals surface area contributed by atoms with Gasteiger partial charge in [-0.25, -0.2) is 4.39 Å². The molecule has 0 unspecified atom stereocenters. The highest BCUT2D eigenvalue weighted by molar-refractivity contribution is 7.99. The molecule has 0 saturated heterocycles. The van der Waals surface area contributed by atoms with Crippen molar-refractivity contribution >= 4 is 29.3 Å². The molecular formula is C16H19ClFNOS. The second kappa shape index (κ2) is 6.57. The molecule has 0 spiro atoms. The highest BCUT2D eigenvalue weighted by Gasteiger charge is 2.39. The van der Waals surface area contributed by atoms with Gasteiger partial charge in [-0.1, -0.05) is 24.1 Å². The standard InChI is InChI=1S/C16H19ClFNOS/c17-13-4-3-12(14(18)7-13)8-21-9-16(20)19-15-6-10-1-2-11(15)5-10/h3-4,7,10-11,15H,1-2,5-6,8-9H2,(H,19,20)/t10-,11-,15-/m1/s1. The molecule has 1 amide bonds. The van der Waals surface area contributed by atoms with Gasteiger partial charge in [-0.05, 0) is 48.8 Å². The molecule has 2 bridgehead atoms. The van der Waals surface area contributed by atoms with E-state index in [0.29, 0.717) is 34.1 Å². The van der Waals surface area contributed by atoms with Crippen molar-refractivity contribution in [2.75, 3.05) is 5.75 Å². The van der Waals surface area contributed by atoms with Crippen LogP contribution in [0.3, 0.4) is 0 Å². The van der Waals surface area contributed by atoms with E-state index in [2.05, 4.69) is 5.32 Å². The Labute approximate surface area is 133 Å². The molecule has 0 aliphatic heterocycles. The van der Waals surface area contributed by atoms with Crippen molar-refractivity contribution in [3.8, 4) is 0 Å². The quantitative estimate of drug-likeness (QED) is 0.885. The van der Waals surface area contributed by atoms with E-state index in [1.807, 2.05) is 0 Å². The monoisotopic (exact) mass is 327 g/mol. The Balaban J connectivity index is 1.42. The number of rotatable bonds is 5. The third kappa shape index (κ3) is 3.72. The van der Waals surface area contributed by atoms with Crippen molar-refractivity contribution in [2.45, 2.75) is 37.5 Å². The fourth-order valence-electron chi connectivity index (χ4n) is 3.56. The Hall–Kier alpha value is -0.740. The van der Waals surface area contributed by atoms with E-state index >= 15 is 0 Å². The van der Waals surface area contributed by atoms with Crippen LogP contribution < -0.4 is 5.32 Å². The Morgan fingerprint density at radius 1 is 1.38 bits per heavy atom. The third-order valence-corrected chi connectivity index (χ3v) is 5.81. The molecule has 5 heteroatoms. The minimum Gasteiger partial charge on any atom is -0.352 e. The van der Waals surface area contributed by atoms with Crippen LogP contribution in [0.4, 0.5) is 4.39 Å². The lowest BCUT2D eigenvalue weighted by atomic mass is 9.95. The summed E-state index contributed by atoms with van der Waals surface area (Å²) in [5.74, 6) is 2.17. The lowest BCUT2D eigenvalue weighted by molar-refractivity contribution is -0.119. The van der Waals surface area contributed by atoms with E-state index in [9.17, 15) is 9.18 Å². The van der Waals surface area contributed by atoms with Crippen molar-refractivity contribution in [3.05, 3.63) is 34.6 Å². The van der Waals surface area contributed by atoms with Crippen molar-refractivity contribution in [3.63, 3.8) is 0 Å². The van der Waals surface area contributed by atoms with Crippen molar-refractivity contribution in [1.82, 2.24) is 5.32 Å². The molecule has 2 aliphatic rings. The SMILES string of the molecule is O=C(CSCc1ccc(Cl)cc1F)N[C@@H]1C[C@@H]2CC[C@@H]1C2. The van der Waals surface area contributed by atoms with Gasteiger partial charge in [-0.3, -0.25) is 4.79 Å². The van der Waals surface area contributed by atoms with Crippen molar-refractivity contribution < 1.29 is 9.18 Å². The van der Waals surface area contributed by atoms with Crippen LogP contribution in [0.15, 0.2) is 18.2 Å². The third-order valence-electron chi connectivity index (χ3n) is 4.59. The van der Waals surface area contributed by atoms with Crippen LogP contribution in [0.25, 0.3) is 0 Å². The molecule has 2 aliphatic carbocycles. The molecule has 1 N–H and O–H groups in total. The molecule has 3 rings (SSSR count).